The predicted molar refractivity (Wildman–Crippen MR) is 106 cm³/mol. The van der Waals surface area contributed by atoms with Gasteiger partial charge in [0.1, 0.15) is 5.78 Å². The summed E-state index contributed by atoms with van der Waals surface area (Å²) in [5.74, 6) is 1.40. The molecule has 0 saturated heterocycles. The summed E-state index contributed by atoms with van der Waals surface area (Å²) in [4.78, 5) is 36.4. The molecule has 4 rings (SSSR count). The highest BCUT2D eigenvalue weighted by Crippen LogP contribution is 2.66. The minimum Gasteiger partial charge on any atom is -0.454 e. The summed E-state index contributed by atoms with van der Waals surface area (Å²) < 4.78 is 5.39. The number of ketones is 2. The lowest BCUT2D eigenvalue weighted by molar-refractivity contribution is -0.155. The van der Waals surface area contributed by atoms with Crippen LogP contribution in [0.25, 0.3) is 0 Å². The van der Waals surface area contributed by atoms with Crippen molar-refractivity contribution < 1.29 is 19.1 Å². The quantitative estimate of drug-likeness (QED) is 0.661. The van der Waals surface area contributed by atoms with Crippen LogP contribution >= 0.6 is 0 Å². The molecule has 4 aliphatic rings. The van der Waals surface area contributed by atoms with Crippen LogP contribution in [0.15, 0.2) is 23.3 Å². The number of rotatable bonds is 2. The van der Waals surface area contributed by atoms with E-state index < -0.39 is 12.1 Å². The molecule has 0 N–H and O–H groups in total. The van der Waals surface area contributed by atoms with Gasteiger partial charge in [-0.2, -0.15) is 0 Å². The van der Waals surface area contributed by atoms with Crippen LogP contribution in [0.2, 0.25) is 0 Å². The Bertz CT molecular complexity index is 805. The van der Waals surface area contributed by atoms with E-state index in [4.69, 9.17) is 4.74 Å². The summed E-state index contributed by atoms with van der Waals surface area (Å²) in [5, 5.41) is 0. The van der Waals surface area contributed by atoms with Crippen LogP contribution in [0.4, 0.5) is 0 Å². The molecule has 0 amide bonds. The Morgan fingerprint density at radius 2 is 1.82 bits per heavy atom. The van der Waals surface area contributed by atoms with E-state index in [9.17, 15) is 14.4 Å². The molecule has 152 valence electrons. The molecule has 0 aromatic carbocycles. The fourth-order valence-corrected chi connectivity index (χ4v) is 7.43. The summed E-state index contributed by atoms with van der Waals surface area (Å²) in [5.41, 5.74) is 2.25. The fraction of sp³-hybridized carbons (Fsp3) is 0.708. The first kappa shape index (κ1) is 19.6. The Labute approximate surface area is 167 Å². The Morgan fingerprint density at radius 3 is 2.46 bits per heavy atom. The van der Waals surface area contributed by atoms with Crippen molar-refractivity contribution in [2.75, 3.05) is 0 Å². The maximum absolute atomic E-state index is 12.6. The zero-order valence-electron chi connectivity index (χ0n) is 17.7. The minimum absolute atomic E-state index is 0.0845. The highest BCUT2D eigenvalue weighted by molar-refractivity contribution is 5.97. The number of hydrogen-bond acceptors (Lipinski definition) is 4. The normalized spacial score (nSPS) is 44.6. The van der Waals surface area contributed by atoms with E-state index in [2.05, 4.69) is 26.8 Å². The smallest absolute Gasteiger partial charge is 0.303 e. The lowest BCUT2D eigenvalue weighted by Crippen LogP contribution is -2.52. The molecular formula is C24H32O4. The molecule has 7 atom stereocenters. The Morgan fingerprint density at radius 1 is 1.11 bits per heavy atom. The maximum atomic E-state index is 12.6. The fourth-order valence-electron chi connectivity index (χ4n) is 7.43. The highest BCUT2D eigenvalue weighted by Gasteiger charge is 2.60. The number of carbonyl (C=O) groups excluding carboxylic acids is 3. The van der Waals surface area contributed by atoms with E-state index in [1.54, 1.807) is 13.0 Å². The summed E-state index contributed by atoms with van der Waals surface area (Å²) >= 11 is 0. The SMILES string of the molecule is CC(=O)OC1C[C@@]2(C)C(=CC1=O)C(C)=C[C@H]1[C@@H]3CC[C@@H](C(C)=O)[C@@]3(C)CC[C@@H]12. The van der Waals surface area contributed by atoms with Gasteiger partial charge in [0.05, 0.1) is 0 Å². The van der Waals surface area contributed by atoms with E-state index in [1.807, 2.05) is 0 Å². The van der Waals surface area contributed by atoms with E-state index in [0.717, 1.165) is 31.3 Å². The van der Waals surface area contributed by atoms with Crippen molar-refractivity contribution in [2.24, 2.45) is 34.5 Å². The number of esters is 1. The van der Waals surface area contributed by atoms with Crippen molar-refractivity contribution >= 4 is 17.5 Å². The maximum Gasteiger partial charge on any atom is 0.303 e. The third-order valence-electron chi connectivity index (χ3n) is 8.65. The third-order valence-corrected chi connectivity index (χ3v) is 8.65. The first-order valence-corrected chi connectivity index (χ1v) is 10.7. The summed E-state index contributed by atoms with van der Waals surface area (Å²) in [6.45, 7) is 9.83. The van der Waals surface area contributed by atoms with Crippen molar-refractivity contribution in [3.63, 3.8) is 0 Å². The Hall–Kier alpha value is -1.71. The van der Waals surface area contributed by atoms with Crippen molar-refractivity contribution in [1.82, 2.24) is 0 Å². The molecule has 4 heteroatoms. The van der Waals surface area contributed by atoms with Crippen LogP contribution < -0.4 is 0 Å². The van der Waals surface area contributed by atoms with Gasteiger partial charge in [-0.1, -0.05) is 25.5 Å². The van der Waals surface area contributed by atoms with Crippen molar-refractivity contribution in [3.05, 3.63) is 23.3 Å². The van der Waals surface area contributed by atoms with Gasteiger partial charge in [0.2, 0.25) is 0 Å². The molecule has 0 bridgehead atoms. The Kier molecular flexibility index (Phi) is 4.48. The van der Waals surface area contributed by atoms with Crippen LogP contribution in [0, 0.1) is 34.5 Å². The second kappa shape index (κ2) is 6.40. The second-order valence-corrected chi connectivity index (χ2v) is 10.1. The van der Waals surface area contributed by atoms with Gasteiger partial charge in [-0.3, -0.25) is 14.4 Å². The number of Topliss-reactive ketones (excluding diaryl/α,β-unsaturated/α-hetero) is 1. The monoisotopic (exact) mass is 384 g/mol. The number of fused-ring (bicyclic) bond motifs is 5. The van der Waals surface area contributed by atoms with Gasteiger partial charge >= 0.3 is 5.97 Å². The van der Waals surface area contributed by atoms with Crippen LogP contribution in [0.1, 0.15) is 66.7 Å². The van der Waals surface area contributed by atoms with Gasteiger partial charge in [0.25, 0.3) is 0 Å². The lowest BCUT2D eigenvalue weighted by atomic mass is 9.47. The molecule has 0 aliphatic heterocycles. The highest BCUT2D eigenvalue weighted by atomic mass is 16.5. The van der Waals surface area contributed by atoms with Gasteiger partial charge in [0, 0.05) is 24.7 Å². The van der Waals surface area contributed by atoms with Crippen molar-refractivity contribution in [1.29, 1.82) is 0 Å². The van der Waals surface area contributed by atoms with E-state index >= 15 is 0 Å². The molecule has 2 saturated carbocycles. The number of allylic oxidation sites excluding steroid dienone is 3. The van der Waals surface area contributed by atoms with Crippen LogP contribution in [0.5, 0.6) is 0 Å². The summed E-state index contributed by atoms with van der Waals surface area (Å²) in [6, 6.07) is 0. The van der Waals surface area contributed by atoms with Gasteiger partial charge < -0.3 is 4.74 Å². The molecule has 0 aromatic rings. The minimum atomic E-state index is -0.667. The van der Waals surface area contributed by atoms with E-state index in [0.29, 0.717) is 30.0 Å². The first-order valence-electron chi connectivity index (χ1n) is 10.7. The van der Waals surface area contributed by atoms with Gasteiger partial charge in [-0.25, -0.2) is 0 Å². The largest absolute Gasteiger partial charge is 0.454 e. The molecular weight excluding hydrogens is 352 g/mol. The molecule has 0 aromatic heterocycles. The third kappa shape index (κ3) is 2.67. The second-order valence-electron chi connectivity index (χ2n) is 10.1. The first-order chi connectivity index (χ1) is 13.1. The summed E-state index contributed by atoms with van der Waals surface area (Å²) in [7, 11) is 0. The molecule has 2 fully saturated rings. The number of carbonyl (C=O) groups is 3. The van der Waals surface area contributed by atoms with Gasteiger partial charge in [0.15, 0.2) is 11.9 Å². The van der Waals surface area contributed by atoms with Crippen LogP contribution in [0.3, 0.4) is 0 Å². The van der Waals surface area contributed by atoms with Crippen LogP contribution in [-0.2, 0) is 19.1 Å². The van der Waals surface area contributed by atoms with Crippen LogP contribution in [-0.4, -0.2) is 23.6 Å². The summed E-state index contributed by atoms with van der Waals surface area (Å²) in [6.07, 6.45) is 8.25. The van der Waals surface area contributed by atoms with Crippen molar-refractivity contribution in [3.8, 4) is 0 Å². The molecule has 1 unspecified atom stereocenters. The molecule has 4 aliphatic carbocycles. The van der Waals surface area contributed by atoms with E-state index in [-0.39, 0.29) is 22.5 Å². The zero-order chi connectivity index (χ0) is 20.4. The molecule has 28 heavy (non-hydrogen) atoms. The average molecular weight is 385 g/mol. The van der Waals surface area contributed by atoms with Crippen molar-refractivity contribution in [2.45, 2.75) is 72.8 Å². The van der Waals surface area contributed by atoms with E-state index in [1.165, 1.54) is 12.5 Å². The Balaban J connectivity index is 1.73. The number of hydrogen-bond donors (Lipinski definition) is 0. The molecule has 4 nitrogen and oxygen atoms in total. The average Bonchev–Trinajstić information content (AvgIpc) is 2.94. The molecule has 0 spiro atoms. The van der Waals surface area contributed by atoms with Gasteiger partial charge in [-0.05, 0) is 74.3 Å². The zero-order valence-corrected chi connectivity index (χ0v) is 17.7. The molecule has 0 heterocycles. The number of ether oxygens (including phenoxy) is 1. The predicted octanol–water partition coefficient (Wildman–Crippen LogP) is 4.43. The standard InChI is InChI=1S/C24H32O4/c1-13-10-16-18-7-6-17(14(2)25)23(18,4)9-8-19(16)24(5)12-22(28-15(3)26)21(27)11-20(13)24/h10-11,16-19,22H,6-9,12H2,1-5H3/t16-,17-,18-,19-,22?,23+,24+/m0/s1. The molecule has 0 radical (unpaired) electrons. The van der Waals surface area contributed by atoms with Gasteiger partial charge in [-0.15, -0.1) is 0 Å². The lowest BCUT2D eigenvalue weighted by Gasteiger charge is -2.57. The topological polar surface area (TPSA) is 60.4 Å².